The van der Waals surface area contributed by atoms with Gasteiger partial charge >= 0.3 is 0 Å². The molecule has 0 aliphatic rings. The molecule has 1 unspecified atom stereocenters. The number of nitrogens with one attached hydrogen (secondary N) is 2. The lowest BCUT2D eigenvalue weighted by Gasteiger charge is -2.25. The van der Waals surface area contributed by atoms with Crippen LogP contribution < -0.4 is 10.6 Å². The fraction of sp³-hybridized carbons (Fsp3) is 0.800. The predicted molar refractivity (Wildman–Crippen MR) is 78.4 cm³/mol. The molecule has 0 heterocycles. The van der Waals surface area contributed by atoms with Gasteiger partial charge in [-0.1, -0.05) is 34.6 Å². The molecule has 0 fully saturated rings. The van der Waals surface area contributed by atoms with E-state index in [1.807, 2.05) is 13.8 Å². The second kappa shape index (κ2) is 7.51. The summed E-state index contributed by atoms with van der Waals surface area (Å²) in [6, 6.07) is -0.471. The van der Waals surface area contributed by atoms with E-state index in [0.717, 1.165) is 0 Å². The van der Waals surface area contributed by atoms with Crippen molar-refractivity contribution in [2.75, 3.05) is 7.05 Å². The minimum Gasteiger partial charge on any atom is -0.357 e. The zero-order valence-corrected chi connectivity index (χ0v) is 13.2. The van der Waals surface area contributed by atoms with Gasteiger partial charge in [0, 0.05) is 13.0 Å². The van der Waals surface area contributed by atoms with Crippen LogP contribution in [0.5, 0.6) is 0 Å². The lowest BCUT2D eigenvalue weighted by Crippen LogP contribution is -2.48. The second-order valence-electron chi connectivity index (χ2n) is 6.77. The molecule has 0 aromatic heterocycles. The lowest BCUT2D eigenvalue weighted by molar-refractivity contribution is -0.131. The number of amides is 2. The van der Waals surface area contributed by atoms with Crippen molar-refractivity contribution >= 4 is 11.8 Å². The van der Waals surface area contributed by atoms with Crippen molar-refractivity contribution in [1.29, 1.82) is 0 Å². The molecule has 4 heteroatoms. The first kappa shape index (κ1) is 17.9. The van der Waals surface area contributed by atoms with Crippen LogP contribution in [0, 0.1) is 24.2 Å². The molecule has 111 valence electrons. The van der Waals surface area contributed by atoms with E-state index in [2.05, 4.69) is 38.3 Å². The Morgan fingerprint density at radius 1 is 1.16 bits per heavy atom. The summed E-state index contributed by atoms with van der Waals surface area (Å²) >= 11 is 0. The summed E-state index contributed by atoms with van der Waals surface area (Å²) in [5.74, 6) is -0.290. The van der Waals surface area contributed by atoms with E-state index in [0.29, 0.717) is 18.8 Å². The van der Waals surface area contributed by atoms with Gasteiger partial charge in [0.25, 0.3) is 0 Å². The van der Waals surface area contributed by atoms with Crippen molar-refractivity contribution in [2.45, 2.75) is 53.5 Å². The Morgan fingerprint density at radius 3 is 2.05 bits per heavy atom. The molecule has 0 aromatic carbocycles. The van der Waals surface area contributed by atoms with Crippen molar-refractivity contribution in [3.63, 3.8) is 0 Å². The zero-order chi connectivity index (χ0) is 15.2. The largest absolute Gasteiger partial charge is 0.357 e. The van der Waals surface area contributed by atoms with Crippen LogP contribution in [0.3, 0.4) is 0 Å². The topological polar surface area (TPSA) is 58.2 Å². The molecule has 0 saturated heterocycles. The molecule has 2 amide bonds. The van der Waals surface area contributed by atoms with Gasteiger partial charge in [0.2, 0.25) is 11.8 Å². The molecule has 0 bridgehead atoms. The summed E-state index contributed by atoms with van der Waals surface area (Å²) in [6.07, 6.45) is 1.33. The average molecular weight is 269 g/mol. The Labute approximate surface area is 117 Å². The monoisotopic (exact) mass is 269 g/mol. The molecule has 4 nitrogen and oxygen atoms in total. The number of hydrogen-bond donors (Lipinski definition) is 2. The van der Waals surface area contributed by atoms with Gasteiger partial charge in [0.05, 0.1) is 0 Å². The van der Waals surface area contributed by atoms with Crippen LogP contribution >= 0.6 is 0 Å². The standard InChI is InChI=1S/C15H29N2O2/c1-10(2)8-12(14(19)16-7)17-13(18)11(3)9-15(4,5)6/h10-12H,3,8-9H2,1-2,4-7H3,(H,16,19)(H,17,18)/t11?,12-/m0/s1. The van der Waals surface area contributed by atoms with E-state index in [9.17, 15) is 9.59 Å². The van der Waals surface area contributed by atoms with E-state index in [1.165, 1.54) is 0 Å². The third-order valence-electron chi connectivity index (χ3n) is 2.82. The van der Waals surface area contributed by atoms with Crippen LogP contribution in [0.4, 0.5) is 0 Å². The smallest absolute Gasteiger partial charge is 0.242 e. The molecule has 0 saturated carbocycles. The average Bonchev–Trinajstić information content (AvgIpc) is 2.23. The van der Waals surface area contributed by atoms with Gasteiger partial charge in [-0.2, -0.15) is 0 Å². The first-order valence-corrected chi connectivity index (χ1v) is 6.92. The normalized spacial score (nSPS) is 14.9. The fourth-order valence-electron chi connectivity index (χ4n) is 2.00. The fourth-order valence-corrected chi connectivity index (χ4v) is 2.00. The van der Waals surface area contributed by atoms with Gasteiger partial charge in [-0.15, -0.1) is 0 Å². The van der Waals surface area contributed by atoms with Crippen LogP contribution in [-0.2, 0) is 9.59 Å². The highest BCUT2D eigenvalue weighted by atomic mass is 16.2. The number of rotatable bonds is 6. The van der Waals surface area contributed by atoms with Crippen LogP contribution in [0.2, 0.25) is 0 Å². The van der Waals surface area contributed by atoms with Crippen molar-refractivity contribution in [2.24, 2.45) is 17.3 Å². The maximum atomic E-state index is 12.1. The van der Waals surface area contributed by atoms with Gasteiger partial charge in [0.15, 0.2) is 0 Å². The van der Waals surface area contributed by atoms with Crippen LogP contribution in [0.1, 0.15) is 47.5 Å². The van der Waals surface area contributed by atoms with Crippen LogP contribution in [0.15, 0.2) is 0 Å². The van der Waals surface area contributed by atoms with Crippen molar-refractivity contribution in [3.05, 3.63) is 6.92 Å². The molecule has 0 rings (SSSR count). The van der Waals surface area contributed by atoms with E-state index >= 15 is 0 Å². The van der Waals surface area contributed by atoms with Crippen molar-refractivity contribution < 1.29 is 9.59 Å². The highest BCUT2D eigenvalue weighted by molar-refractivity contribution is 5.88. The Bertz CT molecular complexity index is 306. The van der Waals surface area contributed by atoms with E-state index in [1.54, 1.807) is 7.05 Å². The van der Waals surface area contributed by atoms with Crippen molar-refractivity contribution in [3.8, 4) is 0 Å². The Morgan fingerprint density at radius 2 is 1.68 bits per heavy atom. The third kappa shape index (κ3) is 7.85. The maximum absolute atomic E-state index is 12.1. The SMILES string of the molecule is [CH2]C(CC(C)(C)C)C(=O)N[C@@H](CC(C)C)C(=O)NC. The predicted octanol–water partition coefficient (Wildman–Crippen LogP) is 2.15. The van der Waals surface area contributed by atoms with Gasteiger partial charge in [-0.25, -0.2) is 0 Å². The summed E-state index contributed by atoms with van der Waals surface area (Å²) in [7, 11) is 1.58. The minimum atomic E-state index is -0.471. The highest BCUT2D eigenvalue weighted by Crippen LogP contribution is 2.24. The minimum absolute atomic E-state index is 0.0459. The molecule has 2 atom stereocenters. The third-order valence-corrected chi connectivity index (χ3v) is 2.82. The second-order valence-corrected chi connectivity index (χ2v) is 6.77. The Balaban J connectivity index is 4.58. The lowest BCUT2D eigenvalue weighted by atomic mass is 9.85. The first-order chi connectivity index (χ1) is 8.56. The van der Waals surface area contributed by atoms with Crippen LogP contribution in [-0.4, -0.2) is 24.9 Å². The van der Waals surface area contributed by atoms with E-state index in [4.69, 9.17) is 0 Å². The summed E-state index contributed by atoms with van der Waals surface area (Å²) < 4.78 is 0. The Kier molecular flexibility index (Phi) is 7.09. The number of carbonyl (C=O) groups is 2. The summed E-state index contributed by atoms with van der Waals surface area (Å²) in [6.45, 7) is 14.2. The molecule has 0 aliphatic heterocycles. The van der Waals surface area contributed by atoms with E-state index < -0.39 is 6.04 Å². The van der Waals surface area contributed by atoms with Gasteiger partial charge < -0.3 is 10.6 Å². The molecule has 0 aliphatic carbocycles. The van der Waals surface area contributed by atoms with E-state index in [-0.39, 0.29) is 23.1 Å². The molecular weight excluding hydrogens is 240 g/mol. The summed E-state index contributed by atoms with van der Waals surface area (Å²) in [5.41, 5.74) is 0.0459. The maximum Gasteiger partial charge on any atom is 0.242 e. The number of likely N-dealkylation sites (N-methyl/N-ethyl adjacent to an activating group) is 1. The van der Waals surface area contributed by atoms with Gasteiger partial charge in [0.1, 0.15) is 6.04 Å². The zero-order valence-electron chi connectivity index (χ0n) is 13.2. The quantitative estimate of drug-likeness (QED) is 0.776. The highest BCUT2D eigenvalue weighted by Gasteiger charge is 2.26. The molecular formula is C15H29N2O2. The van der Waals surface area contributed by atoms with Gasteiger partial charge in [-0.05, 0) is 31.1 Å². The number of carbonyl (C=O) groups excluding carboxylic acids is 2. The molecule has 2 N–H and O–H groups in total. The van der Waals surface area contributed by atoms with Crippen molar-refractivity contribution in [1.82, 2.24) is 10.6 Å². The molecule has 1 radical (unpaired) electrons. The molecule has 19 heavy (non-hydrogen) atoms. The van der Waals surface area contributed by atoms with Gasteiger partial charge in [-0.3, -0.25) is 9.59 Å². The van der Waals surface area contributed by atoms with Crippen LogP contribution in [0.25, 0.3) is 0 Å². The number of hydrogen-bond acceptors (Lipinski definition) is 2. The Hall–Kier alpha value is -1.06. The summed E-state index contributed by atoms with van der Waals surface area (Å²) in [4.78, 5) is 23.8. The molecule has 0 aromatic rings. The first-order valence-electron chi connectivity index (χ1n) is 6.92. The molecule has 0 spiro atoms. The summed E-state index contributed by atoms with van der Waals surface area (Å²) in [5, 5.41) is 5.40.